The van der Waals surface area contributed by atoms with Crippen molar-refractivity contribution in [3.8, 4) is 11.1 Å². The number of alkyl carbamates (subject to hydrolysis) is 1. The van der Waals surface area contributed by atoms with Crippen LogP contribution in [0.25, 0.3) is 11.1 Å². The Morgan fingerprint density at radius 3 is 2.03 bits per heavy atom. The summed E-state index contributed by atoms with van der Waals surface area (Å²) in [7, 11) is 1.12. The molecule has 0 spiro atoms. The van der Waals surface area contributed by atoms with Crippen LogP contribution in [0.3, 0.4) is 0 Å². The number of esters is 1. The summed E-state index contributed by atoms with van der Waals surface area (Å²) in [6, 6.07) is 13.3. The number of hydrogen-bond donors (Lipinski definition) is 3. The van der Waals surface area contributed by atoms with Gasteiger partial charge in [-0.1, -0.05) is 55.5 Å². The maximum atomic E-state index is 12.5. The second-order valence-electron chi connectivity index (χ2n) is 7.61. The number of fused-ring (bicyclic) bond motifs is 3. The molecular weight excluding hydrogens is 428 g/mol. The molecule has 1 aliphatic rings. The average molecular weight is 454 g/mol. The van der Waals surface area contributed by atoms with E-state index >= 15 is 0 Å². The van der Waals surface area contributed by atoms with Crippen LogP contribution in [0.1, 0.15) is 36.8 Å². The van der Waals surface area contributed by atoms with Crippen molar-refractivity contribution < 1.29 is 33.8 Å². The van der Waals surface area contributed by atoms with E-state index in [1.807, 2.05) is 48.5 Å². The van der Waals surface area contributed by atoms with Gasteiger partial charge in [0, 0.05) is 5.92 Å². The molecule has 3 rings (SSSR count). The zero-order chi connectivity index (χ0) is 24.0. The Balaban J connectivity index is 1.61. The van der Waals surface area contributed by atoms with Crippen LogP contribution < -0.4 is 10.6 Å². The zero-order valence-corrected chi connectivity index (χ0v) is 18.4. The third-order valence-corrected chi connectivity index (χ3v) is 5.57. The summed E-state index contributed by atoms with van der Waals surface area (Å²) in [6.45, 7) is 1.74. The van der Waals surface area contributed by atoms with Gasteiger partial charge in [-0.3, -0.25) is 9.59 Å². The molecule has 3 N–H and O–H groups in total. The molecule has 2 amide bonds. The van der Waals surface area contributed by atoms with Crippen LogP contribution in [0.15, 0.2) is 48.5 Å². The van der Waals surface area contributed by atoms with Crippen molar-refractivity contribution in [3.05, 3.63) is 59.7 Å². The van der Waals surface area contributed by atoms with Gasteiger partial charge in [0.1, 0.15) is 18.7 Å². The first kappa shape index (κ1) is 23.8. The first-order valence-electron chi connectivity index (χ1n) is 10.6. The van der Waals surface area contributed by atoms with E-state index in [9.17, 15) is 24.3 Å². The van der Waals surface area contributed by atoms with E-state index in [0.717, 1.165) is 29.4 Å². The zero-order valence-electron chi connectivity index (χ0n) is 18.4. The minimum Gasteiger partial charge on any atom is -0.480 e. The van der Waals surface area contributed by atoms with Crippen molar-refractivity contribution in [1.29, 1.82) is 0 Å². The minimum atomic E-state index is -1.47. The van der Waals surface area contributed by atoms with Gasteiger partial charge in [-0.15, -0.1) is 0 Å². The summed E-state index contributed by atoms with van der Waals surface area (Å²) in [4.78, 5) is 47.6. The Labute approximate surface area is 191 Å². The Morgan fingerprint density at radius 1 is 0.939 bits per heavy atom. The van der Waals surface area contributed by atoms with E-state index in [1.54, 1.807) is 6.92 Å². The molecular formula is C24H26N2O7. The molecule has 0 saturated heterocycles. The second kappa shape index (κ2) is 10.6. The smallest absolute Gasteiger partial charge is 0.407 e. The number of aliphatic carboxylic acids is 1. The first-order chi connectivity index (χ1) is 15.8. The Kier molecular flexibility index (Phi) is 7.66. The van der Waals surface area contributed by atoms with Crippen molar-refractivity contribution in [2.75, 3.05) is 13.7 Å². The number of carbonyl (C=O) groups excluding carboxylic acids is 3. The van der Waals surface area contributed by atoms with Crippen LogP contribution in [-0.4, -0.2) is 54.8 Å². The van der Waals surface area contributed by atoms with Crippen LogP contribution >= 0.6 is 0 Å². The number of hydrogen-bond acceptors (Lipinski definition) is 6. The molecule has 0 aliphatic heterocycles. The standard InChI is InChI=1S/C24H26N2O7/c1-3-19(22(28)25-20(23(29)30)12-21(27)32-2)26-24(31)33-13-18-16-10-6-4-8-14(16)15-9-5-7-11-17(15)18/h4-11,18-20H,3,12-13H2,1-2H3,(H,25,28)(H,26,31)(H,29,30)/t19-,20+/m1/s1. The van der Waals surface area contributed by atoms with Crippen molar-refractivity contribution in [2.45, 2.75) is 37.8 Å². The molecule has 0 saturated carbocycles. The molecule has 174 valence electrons. The number of carboxylic acids is 1. The quantitative estimate of drug-likeness (QED) is 0.496. The van der Waals surface area contributed by atoms with Crippen molar-refractivity contribution in [1.82, 2.24) is 10.6 Å². The van der Waals surface area contributed by atoms with Gasteiger partial charge >= 0.3 is 18.0 Å². The average Bonchev–Trinajstić information content (AvgIpc) is 3.14. The maximum absolute atomic E-state index is 12.5. The number of carboxylic acid groups (broad SMARTS) is 1. The van der Waals surface area contributed by atoms with Gasteiger partial charge < -0.3 is 25.2 Å². The Morgan fingerprint density at radius 2 is 1.52 bits per heavy atom. The van der Waals surface area contributed by atoms with E-state index in [-0.39, 0.29) is 18.9 Å². The van der Waals surface area contributed by atoms with E-state index in [1.165, 1.54) is 0 Å². The first-order valence-corrected chi connectivity index (χ1v) is 10.6. The van der Waals surface area contributed by atoms with Crippen molar-refractivity contribution in [2.24, 2.45) is 0 Å². The molecule has 2 aromatic carbocycles. The number of carbonyl (C=O) groups is 4. The van der Waals surface area contributed by atoms with Crippen LogP contribution in [0, 0.1) is 0 Å². The van der Waals surface area contributed by atoms with Gasteiger partial charge in [0.15, 0.2) is 0 Å². The highest BCUT2D eigenvalue weighted by Gasteiger charge is 2.31. The Bertz CT molecular complexity index is 1010. The molecule has 2 aromatic rings. The van der Waals surface area contributed by atoms with E-state index < -0.39 is 42.4 Å². The van der Waals surface area contributed by atoms with Crippen molar-refractivity contribution >= 4 is 23.9 Å². The number of benzene rings is 2. The molecule has 0 bridgehead atoms. The van der Waals surface area contributed by atoms with E-state index in [0.29, 0.717) is 0 Å². The highest BCUT2D eigenvalue weighted by molar-refractivity contribution is 5.91. The maximum Gasteiger partial charge on any atom is 0.407 e. The fraction of sp³-hybridized carbons (Fsp3) is 0.333. The summed E-state index contributed by atoms with van der Waals surface area (Å²) >= 11 is 0. The molecule has 33 heavy (non-hydrogen) atoms. The lowest BCUT2D eigenvalue weighted by molar-refractivity contribution is -0.148. The van der Waals surface area contributed by atoms with Crippen LogP contribution in [-0.2, 0) is 23.9 Å². The third-order valence-electron chi connectivity index (χ3n) is 5.57. The highest BCUT2D eigenvalue weighted by atomic mass is 16.5. The molecule has 0 heterocycles. The summed E-state index contributed by atoms with van der Waals surface area (Å²) in [6.07, 6.45) is -1.13. The number of methoxy groups -OCH3 is 1. The van der Waals surface area contributed by atoms with Crippen LogP contribution in [0.4, 0.5) is 4.79 Å². The molecule has 0 aromatic heterocycles. The predicted molar refractivity (Wildman–Crippen MR) is 118 cm³/mol. The number of rotatable bonds is 9. The van der Waals surface area contributed by atoms with Gasteiger partial charge in [-0.05, 0) is 28.7 Å². The predicted octanol–water partition coefficient (Wildman–Crippen LogP) is 2.44. The van der Waals surface area contributed by atoms with Gasteiger partial charge in [0.2, 0.25) is 5.91 Å². The largest absolute Gasteiger partial charge is 0.480 e. The summed E-state index contributed by atoms with van der Waals surface area (Å²) in [5, 5.41) is 14.0. The molecule has 0 radical (unpaired) electrons. The highest BCUT2D eigenvalue weighted by Crippen LogP contribution is 2.44. The fourth-order valence-corrected chi connectivity index (χ4v) is 3.86. The normalized spacial score (nSPS) is 13.8. The second-order valence-corrected chi connectivity index (χ2v) is 7.61. The molecule has 2 atom stereocenters. The van der Waals surface area contributed by atoms with Crippen LogP contribution in [0.2, 0.25) is 0 Å². The lowest BCUT2D eigenvalue weighted by Gasteiger charge is -2.20. The number of amides is 2. The van der Waals surface area contributed by atoms with Gasteiger partial charge in [0.25, 0.3) is 0 Å². The number of ether oxygens (including phenoxy) is 2. The molecule has 1 aliphatic carbocycles. The molecule has 9 nitrogen and oxygen atoms in total. The van der Waals surface area contributed by atoms with Crippen LogP contribution in [0.5, 0.6) is 0 Å². The topological polar surface area (TPSA) is 131 Å². The van der Waals surface area contributed by atoms with E-state index in [2.05, 4.69) is 15.4 Å². The fourth-order valence-electron chi connectivity index (χ4n) is 3.86. The summed E-state index contributed by atoms with van der Waals surface area (Å²) < 4.78 is 9.89. The minimum absolute atomic E-state index is 0.0814. The summed E-state index contributed by atoms with van der Waals surface area (Å²) in [5.41, 5.74) is 4.31. The lowest BCUT2D eigenvalue weighted by Crippen LogP contribution is -2.52. The van der Waals surface area contributed by atoms with Crippen molar-refractivity contribution in [3.63, 3.8) is 0 Å². The lowest BCUT2D eigenvalue weighted by atomic mass is 9.98. The molecule has 9 heteroatoms. The van der Waals surface area contributed by atoms with Gasteiger partial charge in [0.05, 0.1) is 13.5 Å². The number of nitrogens with one attached hydrogen (secondary N) is 2. The third kappa shape index (κ3) is 5.49. The molecule has 0 fully saturated rings. The van der Waals surface area contributed by atoms with Gasteiger partial charge in [-0.2, -0.15) is 0 Å². The monoisotopic (exact) mass is 454 g/mol. The SMILES string of the molecule is CC[C@@H](NC(=O)OCC1c2ccccc2-c2ccccc21)C(=O)N[C@@H](CC(=O)OC)C(=O)O. The molecule has 0 unspecified atom stereocenters. The van der Waals surface area contributed by atoms with E-state index in [4.69, 9.17) is 4.74 Å². The van der Waals surface area contributed by atoms with Gasteiger partial charge in [-0.25, -0.2) is 9.59 Å². The Hall–Kier alpha value is -3.88. The summed E-state index contributed by atoms with van der Waals surface area (Å²) in [5.74, 6) is -3.03.